The molecule has 0 radical (unpaired) electrons. The zero-order valence-electron chi connectivity index (χ0n) is 12.7. The highest BCUT2D eigenvalue weighted by atomic mass is 32.2. The van der Waals surface area contributed by atoms with Gasteiger partial charge in [-0.15, -0.1) is 21.5 Å². The number of thioether (sulfide) groups is 1. The Morgan fingerprint density at radius 2 is 2.32 bits per heavy atom. The molecule has 0 fully saturated rings. The Morgan fingerprint density at radius 1 is 1.55 bits per heavy atom. The molecule has 0 aliphatic rings. The van der Waals surface area contributed by atoms with E-state index in [4.69, 9.17) is 5.26 Å². The quantitative estimate of drug-likeness (QED) is 0.820. The summed E-state index contributed by atoms with van der Waals surface area (Å²) in [4.78, 5) is 12.0. The Morgan fingerprint density at radius 3 is 2.95 bits per heavy atom. The van der Waals surface area contributed by atoms with Crippen molar-refractivity contribution in [3.63, 3.8) is 0 Å². The number of hydrogen-bond donors (Lipinski definition) is 1. The molecule has 1 N–H and O–H groups in total. The van der Waals surface area contributed by atoms with E-state index in [9.17, 15) is 4.79 Å². The number of nitrogens with one attached hydrogen (secondary N) is 1. The molecule has 2 aromatic heterocycles. The average Bonchev–Trinajstić information content (AvgIpc) is 3.10. The molecule has 0 bridgehead atoms. The van der Waals surface area contributed by atoms with Crippen LogP contribution in [0.1, 0.15) is 38.2 Å². The molecule has 6 nitrogen and oxygen atoms in total. The van der Waals surface area contributed by atoms with Gasteiger partial charge in [-0.05, 0) is 25.3 Å². The highest BCUT2D eigenvalue weighted by Crippen LogP contribution is 2.24. The minimum absolute atomic E-state index is 0.152. The lowest BCUT2D eigenvalue weighted by molar-refractivity contribution is -0.113. The van der Waals surface area contributed by atoms with Crippen molar-refractivity contribution >= 4 is 34.0 Å². The monoisotopic (exact) mass is 335 g/mol. The van der Waals surface area contributed by atoms with Crippen LogP contribution < -0.4 is 5.32 Å². The van der Waals surface area contributed by atoms with Crippen molar-refractivity contribution in [3.8, 4) is 6.07 Å². The van der Waals surface area contributed by atoms with Gasteiger partial charge in [0.1, 0.15) is 16.9 Å². The molecule has 0 saturated carbocycles. The van der Waals surface area contributed by atoms with Crippen LogP contribution in [0.15, 0.2) is 16.6 Å². The summed E-state index contributed by atoms with van der Waals surface area (Å²) < 4.78 is 2.05. The van der Waals surface area contributed by atoms with Crippen LogP contribution in [0.3, 0.4) is 0 Å². The van der Waals surface area contributed by atoms with E-state index in [0.717, 1.165) is 17.4 Å². The number of amides is 1. The largest absolute Gasteiger partial charge is 0.316 e. The zero-order chi connectivity index (χ0) is 16.1. The predicted octanol–water partition coefficient (Wildman–Crippen LogP) is 3.09. The molecule has 2 heterocycles. The summed E-state index contributed by atoms with van der Waals surface area (Å²) in [6.07, 6.45) is 0.804. The highest BCUT2D eigenvalue weighted by Gasteiger charge is 2.16. The fourth-order valence-corrected chi connectivity index (χ4v) is 3.59. The van der Waals surface area contributed by atoms with E-state index in [2.05, 4.69) is 35.4 Å². The lowest BCUT2D eigenvalue weighted by atomic mass is 10.3. The molecule has 22 heavy (non-hydrogen) atoms. The van der Waals surface area contributed by atoms with Crippen LogP contribution in [-0.4, -0.2) is 26.4 Å². The SMILES string of the molecule is CCc1nnc(SCC(=O)Nc2sccc2C#N)n1C(C)C. The smallest absolute Gasteiger partial charge is 0.235 e. The number of thiophene rings is 1. The van der Waals surface area contributed by atoms with Gasteiger partial charge in [0.2, 0.25) is 5.91 Å². The second-order valence-corrected chi connectivity index (χ2v) is 6.69. The van der Waals surface area contributed by atoms with Gasteiger partial charge in [0.05, 0.1) is 11.3 Å². The van der Waals surface area contributed by atoms with Crippen molar-refractivity contribution < 1.29 is 4.79 Å². The van der Waals surface area contributed by atoms with E-state index in [1.165, 1.54) is 23.1 Å². The molecule has 0 unspecified atom stereocenters. The number of carbonyl (C=O) groups is 1. The fraction of sp³-hybridized carbons (Fsp3) is 0.429. The molecule has 0 atom stereocenters. The van der Waals surface area contributed by atoms with E-state index < -0.39 is 0 Å². The molecule has 1 amide bonds. The minimum Gasteiger partial charge on any atom is -0.316 e. The Balaban J connectivity index is 2.00. The standard InChI is InChI=1S/C14H17N5OS2/c1-4-11-17-18-14(19(11)9(2)3)22-8-12(20)16-13-10(7-15)5-6-21-13/h5-6,9H,4,8H2,1-3H3,(H,16,20). The van der Waals surface area contributed by atoms with Crippen molar-refractivity contribution in [1.29, 1.82) is 5.26 Å². The fourth-order valence-electron chi connectivity index (χ4n) is 1.95. The Hall–Kier alpha value is -1.85. The second-order valence-electron chi connectivity index (χ2n) is 4.83. The van der Waals surface area contributed by atoms with Crippen LogP contribution in [0.4, 0.5) is 5.00 Å². The summed E-state index contributed by atoms with van der Waals surface area (Å²) in [5.41, 5.74) is 0.488. The van der Waals surface area contributed by atoms with Crippen molar-refractivity contribution in [2.45, 2.75) is 38.4 Å². The van der Waals surface area contributed by atoms with Crippen LogP contribution in [0.25, 0.3) is 0 Å². The number of carbonyl (C=O) groups excluding carboxylic acids is 1. The van der Waals surface area contributed by atoms with Crippen LogP contribution in [-0.2, 0) is 11.2 Å². The van der Waals surface area contributed by atoms with E-state index >= 15 is 0 Å². The summed E-state index contributed by atoms with van der Waals surface area (Å²) in [6.45, 7) is 6.17. The van der Waals surface area contributed by atoms with Crippen molar-refractivity contribution in [3.05, 3.63) is 22.8 Å². The molecule has 0 saturated heterocycles. The number of aromatic nitrogens is 3. The van der Waals surface area contributed by atoms with Gasteiger partial charge in [-0.25, -0.2) is 0 Å². The first-order valence-corrected chi connectivity index (χ1v) is 8.77. The summed E-state index contributed by atoms with van der Waals surface area (Å²) >= 11 is 2.70. The van der Waals surface area contributed by atoms with Gasteiger partial charge in [-0.1, -0.05) is 18.7 Å². The maximum Gasteiger partial charge on any atom is 0.235 e. The molecule has 0 aliphatic carbocycles. The lowest BCUT2D eigenvalue weighted by Gasteiger charge is -2.12. The Labute approximate surface area is 137 Å². The van der Waals surface area contributed by atoms with Crippen LogP contribution >= 0.6 is 23.1 Å². The molecule has 2 rings (SSSR count). The van der Waals surface area contributed by atoms with Crippen molar-refractivity contribution in [2.24, 2.45) is 0 Å². The maximum absolute atomic E-state index is 12.0. The predicted molar refractivity (Wildman–Crippen MR) is 88.2 cm³/mol. The minimum atomic E-state index is -0.152. The average molecular weight is 335 g/mol. The van der Waals surface area contributed by atoms with Gasteiger partial charge < -0.3 is 9.88 Å². The molecule has 0 spiro atoms. The summed E-state index contributed by atoms with van der Waals surface area (Å²) in [5, 5.41) is 23.1. The van der Waals surface area contributed by atoms with Gasteiger partial charge in [0.15, 0.2) is 5.16 Å². The first kappa shape index (κ1) is 16.5. The molecular formula is C14H17N5OS2. The molecule has 116 valence electrons. The highest BCUT2D eigenvalue weighted by molar-refractivity contribution is 7.99. The third-order valence-corrected chi connectivity index (χ3v) is 4.71. The number of nitrogens with zero attached hydrogens (tertiary/aromatic N) is 4. The van der Waals surface area contributed by atoms with Crippen LogP contribution in [0.5, 0.6) is 0 Å². The van der Waals surface area contributed by atoms with Gasteiger partial charge in [0.25, 0.3) is 0 Å². The molecular weight excluding hydrogens is 318 g/mol. The number of aryl methyl sites for hydroxylation is 1. The van der Waals surface area contributed by atoms with E-state index in [1.54, 1.807) is 11.4 Å². The number of hydrogen-bond acceptors (Lipinski definition) is 6. The summed E-state index contributed by atoms with van der Waals surface area (Å²) in [7, 11) is 0. The van der Waals surface area contributed by atoms with Crippen LogP contribution in [0.2, 0.25) is 0 Å². The molecule has 2 aromatic rings. The first-order chi connectivity index (χ1) is 10.6. The maximum atomic E-state index is 12.0. The van der Waals surface area contributed by atoms with Gasteiger partial charge >= 0.3 is 0 Å². The van der Waals surface area contributed by atoms with E-state index in [0.29, 0.717) is 10.6 Å². The van der Waals surface area contributed by atoms with E-state index in [-0.39, 0.29) is 17.7 Å². The molecule has 0 aromatic carbocycles. The number of rotatable bonds is 6. The number of nitriles is 1. The van der Waals surface area contributed by atoms with Crippen molar-refractivity contribution in [1.82, 2.24) is 14.8 Å². The topological polar surface area (TPSA) is 83.6 Å². The first-order valence-electron chi connectivity index (χ1n) is 6.90. The lowest BCUT2D eigenvalue weighted by Crippen LogP contribution is -2.15. The van der Waals surface area contributed by atoms with Crippen LogP contribution in [0, 0.1) is 11.3 Å². The third-order valence-electron chi connectivity index (χ3n) is 2.94. The zero-order valence-corrected chi connectivity index (χ0v) is 14.3. The van der Waals surface area contributed by atoms with E-state index in [1.807, 2.05) is 11.5 Å². The third kappa shape index (κ3) is 3.67. The Kier molecular flexibility index (Phi) is 5.57. The summed E-state index contributed by atoms with van der Waals surface area (Å²) in [6, 6.07) is 3.99. The second kappa shape index (κ2) is 7.42. The van der Waals surface area contributed by atoms with Gasteiger partial charge in [-0.2, -0.15) is 5.26 Å². The van der Waals surface area contributed by atoms with Gasteiger partial charge in [0, 0.05) is 12.5 Å². The summed E-state index contributed by atoms with van der Waals surface area (Å²) in [5.74, 6) is 1.00. The molecule has 8 heteroatoms. The normalized spacial score (nSPS) is 10.7. The molecule has 0 aliphatic heterocycles. The Bertz CT molecular complexity index is 698. The number of anilines is 1. The van der Waals surface area contributed by atoms with Gasteiger partial charge in [-0.3, -0.25) is 4.79 Å². The van der Waals surface area contributed by atoms with Crippen molar-refractivity contribution in [2.75, 3.05) is 11.1 Å².